The number of nitrogens with one attached hydrogen (secondary N) is 2. The van der Waals surface area contributed by atoms with Crippen LogP contribution in [-0.4, -0.2) is 30.3 Å². The van der Waals surface area contributed by atoms with Crippen molar-refractivity contribution >= 4 is 29.3 Å². The number of fused-ring (bicyclic) bond motifs is 2. The molecule has 2 atom stereocenters. The molecule has 2 amide bonds. The number of carbonyl (C=O) groups excluding carboxylic acids is 2. The maximum atomic E-state index is 12.5. The summed E-state index contributed by atoms with van der Waals surface area (Å²) in [5, 5.41) is 5.39. The lowest BCUT2D eigenvalue weighted by Crippen LogP contribution is -2.35. The fraction of sp³-hybridized carbons (Fsp3) is 0.300. The molecule has 0 aromatic heterocycles. The van der Waals surface area contributed by atoms with Gasteiger partial charge in [-0.15, -0.1) is 11.8 Å². The summed E-state index contributed by atoms with van der Waals surface area (Å²) >= 11 is 1.43. The third-order valence-corrected chi connectivity index (χ3v) is 5.80. The van der Waals surface area contributed by atoms with E-state index in [0.29, 0.717) is 19.0 Å². The largest absolute Gasteiger partial charge is 0.486 e. The van der Waals surface area contributed by atoms with Gasteiger partial charge in [0.2, 0.25) is 11.8 Å². The van der Waals surface area contributed by atoms with Gasteiger partial charge >= 0.3 is 0 Å². The first-order chi connectivity index (χ1) is 13.1. The zero-order chi connectivity index (χ0) is 18.8. The molecule has 2 aliphatic heterocycles. The Morgan fingerprint density at radius 2 is 2.00 bits per heavy atom. The molecule has 2 aromatic rings. The van der Waals surface area contributed by atoms with Gasteiger partial charge in [-0.2, -0.15) is 0 Å². The van der Waals surface area contributed by atoms with Crippen LogP contribution in [0, 0.1) is 0 Å². The molecule has 2 aromatic carbocycles. The standard InChI is InChI=1S/C20H20N2O4S/c1-12(13-6-7-15-16(10-13)26-9-8-25-15)21-19(23)11-18-20(24)22-14-4-2-3-5-17(14)27-18/h2-7,10,12,18H,8-9,11H2,1H3,(H,21,23)(H,22,24)/t12-,18-/m1/s1. The Morgan fingerprint density at radius 1 is 1.22 bits per heavy atom. The van der Waals surface area contributed by atoms with E-state index in [4.69, 9.17) is 9.47 Å². The second-order valence-corrected chi connectivity index (χ2v) is 7.73. The maximum Gasteiger partial charge on any atom is 0.238 e. The van der Waals surface area contributed by atoms with Crippen molar-refractivity contribution in [3.8, 4) is 11.5 Å². The first kappa shape index (κ1) is 17.7. The summed E-state index contributed by atoms with van der Waals surface area (Å²) in [6, 6.07) is 13.1. The average Bonchev–Trinajstić information content (AvgIpc) is 2.68. The topological polar surface area (TPSA) is 76.7 Å². The Kier molecular flexibility index (Phi) is 4.94. The summed E-state index contributed by atoms with van der Waals surface area (Å²) in [5.74, 6) is 1.11. The lowest BCUT2D eigenvalue weighted by molar-refractivity contribution is -0.124. The fourth-order valence-electron chi connectivity index (χ4n) is 3.11. The van der Waals surface area contributed by atoms with Crippen molar-refractivity contribution in [3.05, 3.63) is 48.0 Å². The third-order valence-electron chi connectivity index (χ3n) is 4.52. The van der Waals surface area contributed by atoms with Crippen LogP contribution in [0.4, 0.5) is 5.69 Å². The van der Waals surface area contributed by atoms with Gasteiger partial charge in [0.1, 0.15) is 13.2 Å². The molecule has 2 aliphatic rings. The summed E-state index contributed by atoms with van der Waals surface area (Å²) in [5.41, 5.74) is 1.73. The second kappa shape index (κ2) is 7.52. The number of ether oxygens (including phenoxy) is 2. The Balaban J connectivity index is 1.38. The molecule has 0 unspecified atom stereocenters. The predicted octanol–water partition coefficient (Wildman–Crippen LogP) is 3.14. The van der Waals surface area contributed by atoms with Crippen LogP contribution in [0.1, 0.15) is 24.9 Å². The van der Waals surface area contributed by atoms with E-state index < -0.39 is 5.25 Å². The molecule has 0 aliphatic carbocycles. The van der Waals surface area contributed by atoms with E-state index >= 15 is 0 Å². The molecule has 2 N–H and O–H groups in total. The van der Waals surface area contributed by atoms with Gasteiger partial charge in [-0.1, -0.05) is 18.2 Å². The molecule has 0 fully saturated rings. The summed E-state index contributed by atoms with van der Waals surface area (Å²) in [6.45, 7) is 2.97. The predicted molar refractivity (Wildman–Crippen MR) is 103 cm³/mol. The SMILES string of the molecule is C[C@@H](NC(=O)C[C@H]1Sc2ccccc2NC1=O)c1ccc2c(c1)OCCO2. The first-order valence-electron chi connectivity index (χ1n) is 8.85. The van der Waals surface area contributed by atoms with Crippen molar-refractivity contribution in [1.82, 2.24) is 5.32 Å². The summed E-state index contributed by atoms with van der Waals surface area (Å²) in [4.78, 5) is 25.7. The van der Waals surface area contributed by atoms with E-state index in [-0.39, 0.29) is 24.3 Å². The third kappa shape index (κ3) is 3.88. The Morgan fingerprint density at radius 3 is 2.85 bits per heavy atom. The number of thioether (sulfide) groups is 1. The maximum absolute atomic E-state index is 12.5. The van der Waals surface area contributed by atoms with Gasteiger partial charge in [-0.3, -0.25) is 9.59 Å². The molecule has 0 saturated carbocycles. The lowest BCUT2D eigenvalue weighted by atomic mass is 10.1. The number of para-hydroxylation sites is 1. The minimum absolute atomic E-state index is 0.125. The van der Waals surface area contributed by atoms with Crippen molar-refractivity contribution in [2.24, 2.45) is 0 Å². The van der Waals surface area contributed by atoms with Crippen LogP contribution in [0.25, 0.3) is 0 Å². The van der Waals surface area contributed by atoms with Crippen molar-refractivity contribution in [3.63, 3.8) is 0 Å². The van der Waals surface area contributed by atoms with Crippen molar-refractivity contribution in [2.45, 2.75) is 29.5 Å². The van der Waals surface area contributed by atoms with E-state index in [1.807, 2.05) is 49.4 Å². The number of carbonyl (C=O) groups is 2. The minimum atomic E-state index is -0.438. The van der Waals surface area contributed by atoms with Gasteiger partial charge in [0.25, 0.3) is 0 Å². The van der Waals surface area contributed by atoms with E-state index in [0.717, 1.165) is 21.9 Å². The number of anilines is 1. The highest BCUT2D eigenvalue weighted by atomic mass is 32.2. The molecule has 27 heavy (non-hydrogen) atoms. The zero-order valence-corrected chi connectivity index (χ0v) is 15.7. The molecule has 0 spiro atoms. The van der Waals surface area contributed by atoms with Gasteiger partial charge in [-0.25, -0.2) is 0 Å². The first-order valence-corrected chi connectivity index (χ1v) is 9.73. The fourth-order valence-corrected chi connectivity index (χ4v) is 4.22. The smallest absolute Gasteiger partial charge is 0.238 e. The monoisotopic (exact) mass is 384 g/mol. The highest BCUT2D eigenvalue weighted by molar-refractivity contribution is 8.01. The van der Waals surface area contributed by atoms with Crippen LogP contribution in [-0.2, 0) is 9.59 Å². The number of amides is 2. The van der Waals surface area contributed by atoms with E-state index in [2.05, 4.69) is 10.6 Å². The van der Waals surface area contributed by atoms with Crippen LogP contribution < -0.4 is 20.1 Å². The van der Waals surface area contributed by atoms with E-state index in [9.17, 15) is 9.59 Å². The molecule has 4 rings (SSSR count). The Hall–Kier alpha value is -2.67. The van der Waals surface area contributed by atoms with Gasteiger partial charge in [0.05, 0.1) is 17.0 Å². The van der Waals surface area contributed by atoms with Crippen molar-refractivity contribution in [2.75, 3.05) is 18.5 Å². The molecule has 0 radical (unpaired) electrons. The summed E-state index contributed by atoms with van der Waals surface area (Å²) in [7, 11) is 0. The molecule has 140 valence electrons. The minimum Gasteiger partial charge on any atom is -0.486 e. The van der Waals surface area contributed by atoms with Crippen molar-refractivity contribution in [1.29, 1.82) is 0 Å². The van der Waals surface area contributed by atoms with E-state index in [1.165, 1.54) is 11.8 Å². The molecule has 6 nitrogen and oxygen atoms in total. The van der Waals surface area contributed by atoms with Crippen LogP contribution in [0.2, 0.25) is 0 Å². The number of rotatable bonds is 4. The lowest BCUT2D eigenvalue weighted by Gasteiger charge is -2.24. The average molecular weight is 384 g/mol. The van der Waals surface area contributed by atoms with Gasteiger partial charge < -0.3 is 20.1 Å². The van der Waals surface area contributed by atoms with Crippen LogP contribution in [0.15, 0.2) is 47.4 Å². The van der Waals surface area contributed by atoms with Gasteiger partial charge in [0, 0.05) is 11.3 Å². The Labute approximate surface area is 161 Å². The number of hydrogen-bond acceptors (Lipinski definition) is 5. The Bertz CT molecular complexity index is 886. The molecule has 0 bridgehead atoms. The molecular formula is C20H20N2O4S. The second-order valence-electron chi connectivity index (χ2n) is 6.49. The number of hydrogen-bond donors (Lipinski definition) is 2. The quantitative estimate of drug-likeness (QED) is 0.847. The van der Waals surface area contributed by atoms with Gasteiger partial charge in [0.15, 0.2) is 11.5 Å². The highest BCUT2D eigenvalue weighted by Crippen LogP contribution is 2.37. The van der Waals surface area contributed by atoms with Crippen molar-refractivity contribution < 1.29 is 19.1 Å². The van der Waals surface area contributed by atoms with Gasteiger partial charge in [-0.05, 0) is 36.8 Å². The normalized spacial score (nSPS) is 18.9. The van der Waals surface area contributed by atoms with Crippen LogP contribution >= 0.6 is 11.8 Å². The highest BCUT2D eigenvalue weighted by Gasteiger charge is 2.29. The molecule has 7 heteroatoms. The van der Waals surface area contributed by atoms with E-state index in [1.54, 1.807) is 0 Å². The van der Waals surface area contributed by atoms with Crippen LogP contribution in [0.5, 0.6) is 11.5 Å². The molecule has 0 saturated heterocycles. The summed E-state index contributed by atoms with van der Waals surface area (Å²) in [6.07, 6.45) is 0.125. The zero-order valence-electron chi connectivity index (χ0n) is 14.9. The number of benzene rings is 2. The molecular weight excluding hydrogens is 364 g/mol. The molecule has 2 heterocycles. The summed E-state index contributed by atoms with van der Waals surface area (Å²) < 4.78 is 11.1. The van der Waals surface area contributed by atoms with Crippen LogP contribution in [0.3, 0.4) is 0 Å².